The highest BCUT2D eigenvalue weighted by atomic mass is 32.2. The van der Waals surface area contributed by atoms with Gasteiger partial charge in [-0.2, -0.15) is 15.0 Å². The van der Waals surface area contributed by atoms with E-state index in [-0.39, 0.29) is 5.69 Å². The lowest BCUT2D eigenvalue weighted by Crippen LogP contribution is -2.00. The van der Waals surface area contributed by atoms with Gasteiger partial charge in [0.15, 0.2) is 5.16 Å². The number of rotatable bonds is 4. The van der Waals surface area contributed by atoms with Crippen LogP contribution < -0.4 is 5.69 Å². The van der Waals surface area contributed by atoms with E-state index >= 15 is 0 Å². The Bertz CT molecular complexity index is 716. The van der Waals surface area contributed by atoms with Crippen LogP contribution >= 0.6 is 11.8 Å². The lowest BCUT2D eigenvalue weighted by Gasteiger charge is -1.97. The zero-order chi connectivity index (χ0) is 13.1. The van der Waals surface area contributed by atoms with Crippen molar-refractivity contribution >= 4 is 11.8 Å². The molecule has 0 aliphatic carbocycles. The van der Waals surface area contributed by atoms with Gasteiger partial charge in [-0.15, -0.1) is 5.10 Å². The Morgan fingerprint density at radius 1 is 1.26 bits per heavy atom. The van der Waals surface area contributed by atoms with Gasteiger partial charge in [-0.1, -0.05) is 30.0 Å². The molecule has 0 fully saturated rings. The van der Waals surface area contributed by atoms with Gasteiger partial charge in [0.1, 0.15) is 0 Å². The number of hydrogen-bond acceptors (Lipinski definition) is 5. The molecule has 7 nitrogen and oxygen atoms in total. The molecule has 0 unspecified atom stereocenters. The van der Waals surface area contributed by atoms with Crippen LogP contribution in [0, 0.1) is 0 Å². The number of hydrogen-bond donors (Lipinski definition) is 2. The van der Waals surface area contributed by atoms with Crippen molar-refractivity contribution in [2.75, 3.05) is 0 Å². The van der Waals surface area contributed by atoms with E-state index in [0.29, 0.717) is 10.9 Å². The Kier molecular flexibility index (Phi) is 3.15. The van der Waals surface area contributed by atoms with E-state index in [1.54, 1.807) is 11.0 Å². The maximum atomic E-state index is 10.9. The minimum Gasteiger partial charge on any atom is -0.284 e. The molecule has 0 amide bonds. The predicted octanol–water partition coefficient (Wildman–Crippen LogP) is 0.971. The van der Waals surface area contributed by atoms with E-state index in [4.69, 9.17) is 0 Å². The molecular formula is C11H10N6OS. The molecule has 0 aliphatic heterocycles. The quantitative estimate of drug-likeness (QED) is 0.692. The Morgan fingerprint density at radius 2 is 2.11 bits per heavy atom. The van der Waals surface area contributed by atoms with E-state index in [1.165, 1.54) is 11.8 Å². The van der Waals surface area contributed by atoms with E-state index in [9.17, 15) is 4.79 Å². The van der Waals surface area contributed by atoms with Gasteiger partial charge in [-0.05, 0) is 12.1 Å². The molecule has 1 aromatic carbocycles. The average Bonchev–Trinajstić information content (AvgIpc) is 3.06. The molecule has 2 N–H and O–H groups in total. The molecule has 3 aromatic rings. The molecule has 0 bridgehead atoms. The Hall–Kier alpha value is -2.35. The van der Waals surface area contributed by atoms with Crippen LogP contribution in [0.15, 0.2) is 46.5 Å². The van der Waals surface area contributed by atoms with Crippen molar-refractivity contribution in [3.63, 3.8) is 0 Å². The number of benzene rings is 1. The number of para-hydroxylation sites is 1. The maximum absolute atomic E-state index is 10.9. The maximum Gasteiger partial charge on any atom is 0.341 e. The fourth-order valence-corrected chi connectivity index (χ4v) is 2.20. The first kappa shape index (κ1) is 11.7. The number of aromatic nitrogens is 6. The third-order valence-electron chi connectivity index (χ3n) is 2.36. The van der Waals surface area contributed by atoms with Crippen LogP contribution in [0.5, 0.6) is 0 Å². The summed E-state index contributed by atoms with van der Waals surface area (Å²) in [4.78, 5) is 15.0. The third-order valence-corrected chi connectivity index (χ3v) is 3.27. The van der Waals surface area contributed by atoms with Crippen LogP contribution in [-0.4, -0.2) is 30.2 Å². The van der Waals surface area contributed by atoms with Crippen LogP contribution in [0.4, 0.5) is 0 Å². The Morgan fingerprint density at radius 3 is 2.84 bits per heavy atom. The first-order valence-corrected chi connectivity index (χ1v) is 6.54. The molecule has 96 valence electrons. The zero-order valence-electron chi connectivity index (χ0n) is 9.78. The third kappa shape index (κ3) is 2.74. The van der Waals surface area contributed by atoms with Crippen LogP contribution in [0.25, 0.3) is 5.69 Å². The number of nitrogens with one attached hydrogen (secondary N) is 2. The standard InChI is InChI=1S/C11H10N6OS/c18-10-13-11(15-14-10)19-7-8-6-12-17(16-8)9-4-2-1-3-5-9/h1-6H,7H2,(H2,13,14,15,18). The lowest BCUT2D eigenvalue weighted by molar-refractivity contribution is 0.745. The lowest BCUT2D eigenvalue weighted by atomic mass is 10.3. The molecule has 0 radical (unpaired) electrons. The van der Waals surface area contributed by atoms with Gasteiger partial charge >= 0.3 is 5.69 Å². The number of aromatic amines is 2. The first-order valence-electron chi connectivity index (χ1n) is 5.55. The van der Waals surface area contributed by atoms with Crippen molar-refractivity contribution in [2.24, 2.45) is 0 Å². The molecule has 3 rings (SSSR count). The molecule has 0 saturated heterocycles. The van der Waals surface area contributed by atoms with Crippen LogP contribution in [0.3, 0.4) is 0 Å². The van der Waals surface area contributed by atoms with Gasteiger partial charge < -0.3 is 0 Å². The van der Waals surface area contributed by atoms with Gasteiger partial charge in [0.25, 0.3) is 0 Å². The number of thioether (sulfide) groups is 1. The first-order chi connectivity index (χ1) is 9.31. The predicted molar refractivity (Wildman–Crippen MR) is 70.1 cm³/mol. The summed E-state index contributed by atoms with van der Waals surface area (Å²) in [6.07, 6.45) is 1.70. The second-order valence-electron chi connectivity index (χ2n) is 3.73. The normalized spacial score (nSPS) is 10.7. The molecule has 2 heterocycles. The van der Waals surface area contributed by atoms with Crippen molar-refractivity contribution in [2.45, 2.75) is 10.9 Å². The largest absolute Gasteiger partial charge is 0.341 e. The molecule has 8 heteroatoms. The summed E-state index contributed by atoms with van der Waals surface area (Å²) in [5, 5.41) is 15.2. The second kappa shape index (κ2) is 5.11. The van der Waals surface area contributed by atoms with Gasteiger partial charge in [0, 0.05) is 5.75 Å². The average molecular weight is 274 g/mol. The highest BCUT2D eigenvalue weighted by molar-refractivity contribution is 7.98. The number of H-pyrrole nitrogens is 2. The fraction of sp³-hybridized carbons (Fsp3) is 0.0909. The fourth-order valence-electron chi connectivity index (χ4n) is 1.51. The van der Waals surface area contributed by atoms with Gasteiger partial charge in [0.05, 0.1) is 17.6 Å². The summed E-state index contributed by atoms with van der Waals surface area (Å²) in [7, 11) is 0. The highest BCUT2D eigenvalue weighted by Gasteiger charge is 2.05. The van der Waals surface area contributed by atoms with E-state index in [0.717, 1.165) is 11.4 Å². The minimum atomic E-state index is -0.310. The Balaban J connectivity index is 1.70. The van der Waals surface area contributed by atoms with Gasteiger partial charge in [-0.3, -0.25) is 4.98 Å². The molecule has 0 atom stereocenters. The monoisotopic (exact) mass is 274 g/mol. The molecular weight excluding hydrogens is 264 g/mol. The minimum absolute atomic E-state index is 0.310. The summed E-state index contributed by atoms with van der Waals surface area (Å²) in [6.45, 7) is 0. The SMILES string of the molecule is O=c1[nH]nc(SCc2cnn(-c3ccccc3)n2)[nH]1. The highest BCUT2D eigenvalue weighted by Crippen LogP contribution is 2.16. The second-order valence-corrected chi connectivity index (χ2v) is 4.70. The summed E-state index contributed by atoms with van der Waals surface area (Å²) >= 11 is 1.39. The van der Waals surface area contributed by atoms with Crippen LogP contribution in [-0.2, 0) is 5.75 Å². The molecule has 2 aromatic heterocycles. The topological polar surface area (TPSA) is 92.2 Å². The summed E-state index contributed by atoms with van der Waals surface area (Å²) in [5.74, 6) is 0.591. The molecule has 19 heavy (non-hydrogen) atoms. The summed E-state index contributed by atoms with van der Waals surface area (Å²) in [6, 6.07) is 9.67. The van der Waals surface area contributed by atoms with Crippen molar-refractivity contribution in [1.29, 1.82) is 0 Å². The smallest absolute Gasteiger partial charge is 0.284 e. The molecule has 0 saturated carbocycles. The molecule has 0 aliphatic rings. The number of nitrogens with zero attached hydrogens (tertiary/aromatic N) is 4. The van der Waals surface area contributed by atoms with E-state index in [2.05, 4.69) is 25.4 Å². The van der Waals surface area contributed by atoms with Crippen LogP contribution in [0.2, 0.25) is 0 Å². The summed E-state index contributed by atoms with van der Waals surface area (Å²) in [5.41, 5.74) is 1.42. The van der Waals surface area contributed by atoms with Crippen molar-refractivity contribution in [1.82, 2.24) is 30.2 Å². The van der Waals surface area contributed by atoms with Gasteiger partial charge in [-0.25, -0.2) is 9.89 Å². The van der Waals surface area contributed by atoms with Crippen molar-refractivity contribution in [3.05, 3.63) is 52.7 Å². The molecule has 0 spiro atoms. The van der Waals surface area contributed by atoms with E-state index in [1.807, 2.05) is 30.3 Å². The van der Waals surface area contributed by atoms with E-state index < -0.39 is 0 Å². The zero-order valence-corrected chi connectivity index (χ0v) is 10.6. The summed E-state index contributed by atoms with van der Waals surface area (Å²) < 4.78 is 0. The Labute approximate surface area is 112 Å². The van der Waals surface area contributed by atoms with Gasteiger partial charge in [0.2, 0.25) is 0 Å². The van der Waals surface area contributed by atoms with Crippen molar-refractivity contribution in [3.8, 4) is 5.69 Å². The van der Waals surface area contributed by atoms with Crippen molar-refractivity contribution < 1.29 is 0 Å². The van der Waals surface area contributed by atoms with Crippen LogP contribution in [0.1, 0.15) is 5.69 Å².